The molecular formula is C38H73N5O12. The number of carbonyl (C=O) groups excluding carboxylic acids is 4. The fourth-order valence-electron chi connectivity index (χ4n) is 5.23. The molecule has 1 saturated heterocycles. The molecule has 0 bridgehead atoms. The van der Waals surface area contributed by atoms with Crippen molar-refractivity contribution in [1.29, 1.82) is 0 Å². The van der Waals surface area contributed by atoms with Crippen LogP contribution in [0.3, 0.4) is 0 Å². The molecule has 322 valence electrons. The van der Waals surface area contributed by atoms with Crippen LogP contribution in [0.25, 0.3) is 0 Å². The molecule has 0 aromatic heterocycles. The second-order valence-electron chi connectivity index (χ2n) is 16.4. The molecule has 0 aromatic carbocycles. The third-order valence-corrected chi connectivity index (χ3v) is 7.54. The number of aliphatic hydroxyl groups is 1. The summed E-state index contributed by atoms with van der Waals surface area (Å²) in [6, 6.07) is 0. The van der Waals surface area contributed by atoms with Gasteiger partial charge in [0.2, 0.25) is 5.91 Å². The molecule has 1 rings (SSSR count). The number of nitrogens with one attached hydrogen (secondary N) is 1. The van der Waals surface area contributed by atoms with E-state index in [9.17, 15) is 19.2 Å². The summed E-state index contributed by atoms with van der Waals surface area (Å²) >= 11 is 0. The number of hydrogen-bond donors (Lipinski definition) is 2. The number of hydrogen-bond acceptors (Lipinski definition) is 16. The van der Waals surface area contributed by atoms with Crippen molar-refractivity contribution in [2.24, 2.45) is 0 Å². The minimum atomic E-state index is -0.642. The van der Waals surface area contributed by atoms with Crippen molar-refractivity contribution in [3.8, 4) is 0 Å². The van der Waals surface area contributed by atoms with E-state index in [-0.39, 0.29) is 56.6 Å². The van der Waals surface area contributed by atoms with E-state index in [1.165, 1.54) is 0 Å². The van der Waals surface area contributed by atoms with E-state index < -0.39 is 16.8 Å². The maximum absolute atomic E-state index is 13.1. The molecule has 0 spiro atoms. The van der Waals surface area contributed by atoms with Crippen LogP contribution in [0, 0.1) is 0 Å². The van der Waals surface area contributed by atoms with E-state index in [1.54, 1.807) is 0 Å². The van der Waals surface area contributed by atoms with Gasteiger partial charge in [-0.2, -0.15) is 0 Å². The van der Waals surface area contributed by atoms with Gasteiger partial charge in [0.1, 0.15) is 16.8 Å². The summed E-state index contributed by atoms with van der Waals surface area (Å²) in [5.74, 6) is -1.24. The summed E-state index contributed by atoms with van der Waals surface area (Å²) in [5, 5.41) is 11.6. The van der Waals surface area contributed by atoms with E-state index in [0.717, 1.165) is 0 Å². The molecule has 1 amide bonds. The van der Waals surface area contributed by atoms with Gasteiger partial charge in [0.15, 0.2) is 0 Å². The average molecular weight is 792 g/mol. The van der Waals surface area contributed by atoms with E-state index in [4.69, 9.17) is 38.3 Å². The summed E-state index contributed by atoms with van der Waals surface area (Å²) < 4.78 is 38.4. The Morgan fingerprint density at radius 3 is 1.02 bits per heavy atom. The molecule has 0 aromatic rings. The number of aliphatic hydroxyl groups excluding tert-OH is 1. The van der Waals surface area contributed by atoms with Gasteiger partial charge in [-0.05, 0) is 62.3 Å². The van der Waals surface area contributed by atoms with Crippen LogP contribution in [0.2, 0.25) is 0 Å². The van der Waals surface area contributed by atoms with Crippen molar-refractivity contribution in [2.75, 3.05) is 145 Å². The van der Waals surface area contributed by atoms with Crippen molar-refractivity contribution >= 4 is 23.8 Å². The summed E-state index contributed by atoms with van der Waals surface area (Å²) in [6.45, 7) is 23.8. The van der Waals surface area contributed by atoms with Crippen LogP contribution in [-0.2, 0) is 52.3 Å². The Hall–Kier alpha value is -2.48. The van der Waals surface area contributed by atoms with Gasteiger partial charge in [0.25, 0.3) is 0 Å². The number of esters is 3. The van der Waals surface area contributed by atoms with Gasteiger partial charge >= 0.3 is 17.9 Å². The van der Waals surface area contributed by atoms with E-state index >= 15 is 0 Å². The highest BCUT2D eigenvalue weighted by molar-refractivity contribution is 5.78. The highest BCUT2D eigenvalue weighted by Crippen LogP contribution is 2.11. The van der Waals surface area contributed by atoms with Gasteiger partial charge in [0, 0.05) is 58.9 Å². The third-order valence-electron chi connectivity index (χ3n) is 7.54. The molecule has 0 saturated carbocycles. The van der Waals surface area contributed by atoms with Crippen LogP contribution in [-0.4, -0.2) is 210 Å². The first-order valence-corrected chi connectivity index (χ1v) is 19.5. The van der Waals surface area contributed by atoms with Crippen LogP contribution in [0.15, 0.2) is 0 Å². The Bertz CT molecular complexity index is 1050. The number of nitrogens with zero attached hydrogens (tertiary/aromatic N) is 4. The maximum Gasteiger partial charge on any atom is 0.320 e. The van der Waals surface area contributed by atoms with Crippen LogP contribution < -0.4 is 5.32 Å². The molecule has 1 aliphatic rings. The van der Waals surface area contributed by atoms with Crippen molar-refractivity contribution in [2.45, 2.75) is 79.1 Å². The lowest BCUT2D eigenvalue weighted by atomic mass is 10.2. The van der Waals surface area contributed by atoms with Crippen molar-refractivity contribution in [1.82, 2.24) is 24.9 Å². The smallest absolute Gasteiger partial charge is 0.320 e. The zero-order chi connectivity index (χ0) is 41.3. The third kappa shape index (κ3) is 30.3. The molecule has 1 fully saturated rings. The Morgan fingerprint density at radius 1 is 0.455 bits per heavy atom. The Kier molecular flexibility index (Phi) is 25.0. The van der Waals surface area contributed by atoms with E-state index in [0.29, 0.717) is 112 Å². The summed E-state index contributed by atoms with van der Waals surface area (Å²) in [6.07, 6.45) is 0. The van der Waals surface area contributed by atoms with Crippen molar-refractivity contribution in [3.63, 3.8) is 0 Å². The average Bonchev–Trinajstić information content (AvgIpc) is 3.03. The van der Waals surface area contributed by atoms with Crippen LogP contribution in [0.1, 0.15) is 62.3 Å². The largest absolute Gasteiger partial charge is 0.459 e. The zero-order valence-corrected chi connectivity index (χ0v) is 35.3. The molecule has 0 unspecified atom stereocenters. The van der Waals surface area contributed by atoms with Crippen LogP contribution in [0.5, 0.6) is 0 Å². The summed E-state index contributed by atoms with van der Waals surface area (Å²) in [5.41, 5.74) is -1.92. The molecule has 0 radical (unpaired) electrons. The van der Waals surface area contributed by atoms with Gasteiger partial charge in [0.05, 0.1) is 85.6 Å². The van der Waals surface area contributed by atoms with Gasteiger partial charge in [-0.3, -0.25) is 38.8 Å². The molecule has 2 N–H and O–H groups in total. The molecule has 0 atom stereocenters. The van der Waals surface area contributed by atoms with Gasteiger partial charge in [-0.25, -0.2) is 0 Å². The molecule has 0 aliphatic carbocycles. The minimum Gasteiger partial charge on any atom is -0.459 e. The zero-order valence-electron chi connectivity index (χ0n) is 35.3. The highest BCUT2D eigenvalue weighted by atomic mass is 16.6. The lowest BCUT2D eigenvalue weighted by Gasteiger charge is -2.34. The Balaban J connectivity index is 2.87. The molecule has 1 heterocycles. The predicted molar refractivity (Wildman–Crippen MR) is 207 cm³/mol. The van der Waals surface area contributed by atoms with Crippen LogP contribution >= 0.6 is 0 Å². The van der Waals surface area contributed by atoms with Crippen LogP contribution in [0.4, 0.5) is 0 Å². The van der Waals surface area contributed by atoms with Gasteiger partial charge in [-0.15, -0.1) is 0 Å². The second-order valence-corrected chi connectivity index (χ2v) is 16.4. The van der Waals surface area contributed by atoms with E-state index in [2.05, 4.69) is 5.32 Å². The summed E-state index contributed by atoms with van der Waals surface area (Å²) in [7, 11) is 0. The first kappa shape index (κ1) is 50.5. The first-order valence-electron chi connectivity index (χ1n) is 19.5. The Labute approximate surface area is 329 Å². The fraction of sp³-hybridized carbons (Fsp3) is 0.895. The number of amides is 1. The number of ether oxygens (including phenoxy) is 7. The molecule has 55 heavy (non-hydrogen) atoms. The lowest BCUT2D eigenvalue weighted by Crippen LogP contribution is -2.50. The maximum atomic E-state index is 13.1. The van der Waals surface area contributed by atoms with E-state index in [1.807, 2.05) is 81.9 Å². The number of rotatable bonds is 22. The van der Waals surface area contributed by atoms with Crippen molar-refractivity contribution < 1.29 is 57.4 Å². The monoisotopic (exact) mass is 792 g/mol. The molecular weight excluding hydrogens is 718 g/mol. The Morgan fingerprint density at radius 2 is 0.727 bits per heavy atom. The predicted octanol–water partition coefficient (Wildman–Crippen LogP) is 0.408. The molecule has 17 heteroatoms. The summed E-state index contributed by atoms with van der Waals surface area (Å²) in [4.78, 5) is 59.8. The normalized spacial score (nSPS) is 16.5. The molecule has 1 aliphatic heterocycles. The number of carbonyl (C=O) groups is 4. The first-order chi connectivity index (χ1) is 25.7. The van der Waals surface area contributed by atoms with Crippen molar-refractivity contribution in [3.05, 3.63) is 0 Å². The molecule has 17 nitrogen and oxygen atoms in total. The standard InChI is InChI=1S/C38H73N5O12/c1-36(2,3)53-33(46)29-41-13-11-40(28-32(45)39-10-20-49-22-24-51-26-27-52-25-23-50-21-19-44)12-14-42(30-34(47)54-37(4,5)6)16-18-43(17-15-41)31-35(48)55-38(7,8)9/h44H,10-31H2,1-9H3,(H,39,45). The highest BCUT2D eigenvalue weighted by Gasteiger charge is 2.26. The lowest BCUT2D eigenvalue weighted by molar-refractivity contribution is -0.158. The van der Waals surface area contributed by atoms with Gasteiger partial charge < -0.3 is 43.6 Å². The quantitative estimate of drug-likeness (QED) is 0.0875. The van der Waals surface area contributed by atoms with Gasteiger partial charge in [-0.1, -0.05) is 0 Å². The minimum absolute atomic E-state index is 0.0125. The fourth-order valence-corrected chi connectivity index (χ4v) is 5.23. The second kappa shape index (κ2) is 27.2. The SMILES string of the molecule is CC(C)(C)OC(=O)CN1CCN(CC(=O)NCCOCCOCCOCCOCCO)CCN(CC(=O)OC(C)(C)C)CCN(CC(=O)OC(C)(C)C)CC1. The topological polar surface area (TPSA) is 178 Å².